The molecular formula is C12H25NaO11. The molecule has 9 atom stereocenters. The zero-order valence-electron chi connectivity index (χ0n) is 14.2. The van der Waals surface area contributed by atoms with Gasteiger partial charge in [0.15, 0.2) is 6.29 Å². The van der Waals surface area contributed by atoms with Gasteiger partial charge in [-0.2, -0.15) is 0 Å². The van der Waals surface area contributed by atoms with Crippen molar-refractivity contribution >= 4 is 0 Å². The average Bonchev–Trinajstić information content (AvgIpc) is 2.57. The van der Waals surface area contributed by atoms with Gasteiger partial charge in [-0.05, 0) is 0 Å². The van der Waals surface area contributed by atoms with Gasteiger partial charge in [0.25, 0.3) is 0 Å². The summed E-state index contributed by atoms with van der Waals surface area (Å²) in [5, 5.41) is 84.9. The van der Waals surface area contributed by atoms with Gasteiger partial charge in [0.05, 0.1) is 19.8 Å². The van der Waals surface area contributed by atoms with E-state index in [0.29, 0.717) is 0 Å². The Labute approximate surface area is 161 Å². The second-order valence-electron chi connectivity index (χ2n) is 5.29. The van der Waals surface area contributed by atoms with Crippen LogP contribution in [0.4, 0.5) is 0 Å². The predicted octanol–water partition coefficient (Wildman–Crippen LogP) is -8.64. The van der Waals surface area contributed by atoms with Crippen molar-refractivity contribution in [3.63, 3.8) is 0 Å². The molecule has 0 aromatic heterocycles. The summed E-state index contributed by atoms with van der Waals surface area (Å²) in [4.78, 5) is 0. The molecule has 0 unspecified atom stereocenters. The third kappa shape index (κ3) is 5.79. The Kier molecular flexibility index (Phi) is 11.6. The fraction of sp³-hybridized carbons (Fsp3) is 1.00. The minimum Gasteiger partial charge on any atom is -1.00 e. The summed E-state index contributed by atoms with van der Waals surface area (Å²) < 4.78 is 10.1. The molecule has 1 heterocycles. The molecule has 9 N–H and O–H groups in total. The van der Waals surface area contributed by atoms with Gasteiger partial charge in [-0.3, -0.25) is 0 Å². The van der Waals surface area contributed by atoms with Crippen LogP contribution >= 0.6 is 0 Å². The Bertz CT molecular complexity index is 353. The van der Waals surface area contributed by atoms with Crippen molar-refractivity contribution in [3.05, 3.63) is 0 Å². The minimum atomic E-state index is -1.85. The van der Waals surface area contributed by atoms with Gasteiger partial charge in [0.2, 0.25) is 0 Å². The van der Waals surface area contributed by atoms with Gasteiger partial charge < -0.3 is 56.9 Å². The van der Waals surface area contributed by atoms with Crippen LogP contribution in [-0.4, -0.2) is 121 Å². The summed E-state index contributed by atoms with van der Waals surface area (Å²) in [5.74, 6) is 0. The summed E-state index contributed by atoms with van der Waals surface area (Å²) >= 11 is 0. The van der Waals surface area contributed by atoms with Crippen LogP contribution in [0.3, 0.4) is 0 Å². The topological polar surface area (TPSA) is 201 Å². The second-order valence-corrected chi connectivity index (χ2v) is 5.29. The van der Waals surface area contributed by atoms with E-state index >= 15 is 0 Å². The zero-order chi connectivity index (χ0) is 17.7. The molecule has 11 nitrogen and oxygen atoms in total. The SMILES string of the molecule is OC[C@@H](O)[C@@H](O[C@H]1O[C@H](CO)[C@@H](O)[C@H](O)[C@H]1O)[C@H](O)[C@@H](O)CO.[H-].[Na+]. The summed E-state index contributed by atoms with van der Waals surface area (Å²) in [6, 6.07) is 0. The van der Waals surface area contributed by atoms with Gasteiger partial charge in [0.1, 0.15) is 48.8 Å². The predicted molar refractivity (Wildman–Crippen MR) is 71.9 cm³/mol. The van der Waals surface area contributed by atoms with E-state index in [1.54, 1.807) is 0 Å². The third-order valence-corrected chi connectivity index (χ3v) is 3.62. The standard InChI is InChI=1S/C12H24O11.Na.H/c13-1-4(16)7(18)11(5(17)2-14)23-12-10(21)9(20)8(19)6(3-15)22-12;;/h4-21H,1-3H2;;/q;+1;-1/t4-,5+,6+,7+,8+,9-,10+,11+,12+;;/m0../s1. The van der Waals surface area contributed by atoms with Crippen LogP contribution < -0.4 is 29.6 Å². The van der Waals surface area contributed by atoms with E-state index in [0.717, 1.165) is 0 Å². The molecule has 12 heteroatoms. The number of aliphatic hydroxyl groups excluding tert-OH is 9. The van der Waals surface area contributed by atoms with Crippen molar-refractivity contribution in [1.82, 2.24) is 0 Å². The first-order valence-corrected chi connectivity index (χ1v) is 7.00. The van der Waals surface area contributed by atoms with E-state index in [9.17, 15) is 30.6 Å². The van der Waals surface area contributed by atoms with Gasteiger partial charge in [-0.25, -0.2) is 0 Å². The third-order valence-electron chi connectivity index (χ3n) is 3.62. The number of rotatable bonds is 8. The van der Waals surface area contributed by atoms with Crippen LogP contribution in [0.25, 0.3) is 0 Å². The Morgan fingerprint density at radius 3 is 1.88 bits per heavy atom. The van der Waals surface area contributed by atoms with Crippen molar-refractivity contribution in [3.8, 4) is 0 Å². The van der Waals surface area contributed by atoms with Crippen LogP contribution in [0.5, 0.6) is 0 Å². The van der Waals surface area contributed by atoms with Gasteiger partial charge in [0, 0.05) is 0 Å². The average molecular weight is 368 g/mol. The Hall–Kier alpha value is 0.560. The summed E-state index contributed by atoms with van der Waals surface area (Å²) in [6.07, 6.45) is -15.1. The quantitative estimate of drug-likeness (QED) is 0.184. The molecule has 140 valence electrons. The first kappa shape index (κ1) is 24.6. The fourth-order valence-corrected chi connectivity index (χ4v) is 2.16. The van der Waals surface area contributed by atoms with Gasteiger partial charge in [-0.1, -0.05) is 0 Å². The van der Waals surface area contributed by atoms with Gasteiger partial charge >= 0.3 is 29.6 Å². The molecule has 0 radical (unpaired) electrons. The molecule has 1 rings (SSSR count). The van der Waals surface area contributed by atoms with Crippen LogP contribution in [-0.2, 0) is 9.47 Å². The summed E-state index contributed by atoms with van der Waals surface area (Å²) in [5.41, 5.74) is 0. The van der Waals surface area contributed by atoms with Crippen LogP contribution in [0.2, 0.25) is 0 Å². The number of hydrogen-bond donors (Lipinski definition) is 9. The maximum atomic E-state index is 9.83. The second kappa shape index (κ2) is 11.3. The molecular weight excluding hydrogens is 343 g/mol. The molecule has 0 aromatic rings. The maximum Gasteiger partial charge on any atom is 1.00 e. The molecule has 24 heavy (non-hydrogen) atoms. The van der Waals surface area contributed by atoms with Gasteiger partial charge in [-0.15, -0.1) is 0 Å². The molecule has 1 fully saturated rings. The maximum absolute atomic E-state index is 9.83. The van der Waals surface area contributed by atoms with E-state index in [-0.39, 0.29) is 31.0 Å². The molecule has 0 bridgehead atoms. The Morgan fingerprint density at radius 1 is 0.875 bits per heavy atom. The first-order chi connectivity index (χ1) is 10.8. The number of ether oxygens (including phenoxy) is 2. The molecule has 0 aliphatic carbocycles. The molecule has 0 amide bonds. The molecule has 1 saturated heterocycles. The van der Waals surface area contributed by atoms with Crippen molar-refractivity contribution in [2.24, 2.45) is 0 Å². The normalized spacial score (nSPS) is 35.6. The molecule has 0 aromatic carbocycles. The van der Waals surface area contributed by atoms with E-state index < -0.39 is 74.9 Å². The van der Waals surface area contributed by atoms with Crippen LogP contribution in [0.1, 0.15) is 1.43 Å². The van der Waals surface area contributed by atoms with Crippen molar-refractivity contribution in [2.75, 3.05) is 19.8 Å². The minimum absolute atomic E-state index is 0. The number of hydrogen-bond acceptors (Lipinski definition) is 11. The van der Waals surface area contributed by atoms with Crippen molar-refractivity contribution in [2.45, 2.75) is 55.1 Å². The van der Waals surface area contributed by atoms with E-state index in [1.807, 2.05) is 0 Å². The molecule has 1 aliphatic rings. The van der Waals surface area contributed by atoms with E-state index in [2.05, 4.69) is 0 Å². The Balaban J connectivity index is 0. The largest absolute Gasteiger partial charge is 1.00 e. The van der Waals surface area contributed by atoms with Crippen molar-refractivity contribution < 1.29 is 86.4 Å². The Morgan fingerprint density at radius 2 is 1.42 bits per heavy atom. The van der Waals surface area contributed by atoms with E-state index in [4.69, 9.17) is 24.8 Å². The smallest absolute Gasteiger partial charge is 1.00 e. The van der Waals surface area contributed by atoms with Crippen LogP contribution in [0.15, 0.2) is 0 Å². The van der Waals surface area contributed by atoms with Crippen molar-refractivity contribution in [1.29, 1.82) is 0 Å². The fourth-order valence-electron chi connectivity index (χ4n) is 2.16. The summed E-state index contributed by atoms with van der Waals surface area (Å²) in [6.45, 7) is -2.45. The number of aliphatic hydroxyl groups is 9. The zero-order valence-corrected chi connectivity index (χ0v) is 15.2. The molecule has 1 aliphatic heterocycles. The van der Waals surface area contributed by atoms with Crippen LogP contribution in [0, 0.1) is 0 Å². The monoisotopic (exact) mass is 368 g/mol. The molecule has 0 saturated carbocycles. The molecule has 0 spiro atoms. The summed E-state index contributed by atoms with van der Waals surface area (Å²) in [7, 11) is 0. The van der Waals surface area contributed by atoms with E-state index in [1.165, 1.54) is 0 Å². The first-order valence-electron chi connectivity index (χ1n) is 7.00.